The van der Waals surface area contributed by atoms with E-state index in [0.717, 1.165) is 18.5 Å². The molecule has 2 aromatic heterocycles. The van der Waals surface area contributed by atoms with Crippen LogP contribution in [0.15, 0.2) is 23.3 Å². The van der Waals surface area contributed by atoms with E-state index in [1.54, 1.807) is 10.6 Å². The van der Waals surface area contributed by atoms with E-state index in [2.05, 4.69) is 15.4 Å². The highest BCUT2D eigenvalue weighted by Crippen LogP contribution is 2.07. The summed E-state index contributed by atoms with van der Waals surface area (Å²) in [5.74, 6) is 0. The lowest BCUT2D eigenvalue weighted by Crippen LogP contribution is -2.29. The Labute approximate surface area is 98.3 Å². The van der Waals surface area contributed by atoms with Gasteiger partial charge in [-0.1, -0.05) is 0 Å². The lowest BCUT2D eigenvalue weighted by atomic mass is 10.1. The van der Waals surface area contributed by atoms with E-state index < -0.39 is 0 Å². The molecule has 0 bridgehead atoms. The van der Waals surface area contributed by atoms with Crippen LogP contribution in [0.3, 0.4) is 0 Å². The van der Waals surface area contributed by atoms with Gasteiger partial charge in [-0.3, -0.25) is 4.79 Å². The minimum absolute atomic E-state index is 0.0718. The molecule has 0 fully saturated rings. The number of hydrogen-bond donors (Lipinski definition) is 3. The molecular formula is C11H16N4O2. The number of aryl methyl sites for hydroxylation is 1. The van der Waals surface area contributed by atoms with Crippen molar-refractivity contribution in [2.75, 3.05) is 13.7 Å². The van der Waals surface area contributed by atoms with Gasteiger partial charge in [-0.05, 0) is 32.0 Å². The zero-order chi connectivity index (χ0) is 12.3. The molecule has 2 heterocycles. The number of H-pyrrole nitrogens is 1. The lowest BCUT2D eigenvalue weighted by Gasteiger charge is -2.12. The second kappa shape index (κ2) is 5.11. The van der Waals surface area contributed by atoms with Gasteiger partial charge in [-0.25, -0.2) is 4.52 Å². The fourth-order valence-corrected chi connectivity index (χ4v) is 1.84. The third kappa shape index (κ3) is 2.37. The summed E-state index contributed by atoms with van der Waals surface area (Å²) in [5, 5.41) is 16.2. The van der Waals surface area contributed by atoms with Crippen LogP contribution in [-0.4, -0.2) is 39.4 Å². The normalized spacial score (nSPS) is 13.1. The molecule has 6 nitrogen and oxygen atoms in total. The Bertz CT molecular complexity index is 542. The van der Waals surface area contributed by atoms with Crippen LogP contribution in [-0.2, 0) is 6.42 Å². The van der Waals surface area contributed by atoms with Gasteiger partial charge in [0.15, 0.2) is 0 Å². The zero-order valence-corrected chi connectivity index (χ0v) is 9.68. The van der Waals surface area contributed by atoms with Crippen molar-refractivity contribution in [2.24, 2.45) is 0 Å². The molecule has 0 aromatic carbocycles. The molecule has 0 aliphatic rings. The Morgan fingerprint density at radius 3 is 3.12 bits per heavy atom. The Morgan fingerprint density at radius 2 is 2.41 bits per heavy atom. The van der Waals surface area contributed by atoms with Crippen molar-refractivity contribution in [3.63, 3.8) is 0 Å². The summed E-state index contributed by atoms with van der Waals surface area (Å²) >= 11 is 0. The number of aromatic amines is 1. The standard InChI is InChI=1S/C11H16N4O2/c1-12-8(6-16)2-3-9-4-5-10-11(17)13-7-14-15(9)10/h4-5,7-8,12,16H,2-3,6H2,1H3,(H,13,14,17)/t8-/m0/s1. The lowest BCUT2D eigenvalue weighted by molar-refractivity contribution is 0.242. The van der Waals surface area contributed by atoms with Gasteiger partial charge in [0.25, 0.3) is 5.56 Å². The Hall–Kier alpha value is -1.66. The molecule has 0 saturated heterocycles. The van der Waals surface area contributed by atoms with Crippen LogP contribution in [0.1, 0.15) is 12.1 Å². The van der Waals surface area contributed by atoms with Gasteiger partial charge >= 0.3 is 0 Å². The van der Waals surface area contributed by atoms with Crippen molar-refractivity contribution in [1.82, 2.24) is 19.9 Å². The first-order valence-electron chi connectivity index (χ1n) is 5.58. The predicted octanol–water partition coefficient (Wildman–Crippen LogP) is -0.465. The van der Waals surface area contributed by atoms with Crippen LogP contribution in [0, 0.1) is 0 Å². The van der Waals surface area contributed by atoms with Crippen LogP contribution in [0.25, 0.3) is 5.52 Å². The first kappa shape index (κ1) is 11.8. The highest BCUT2D eigenvalue weighted by atomic mass is 16.3. The predicted molar refractivity (Wildman–Crippen MR) is 64.1 cm³/mol. The molecule has 0 amide bonds. The van der Waals surface area contributed by atoms with Crippen molar-refractivity contribution in [3.05, 3.63) is 34.5 Å². The average molecular weight is 236 g/mol. The second-order valence-corrected chi connectivity index (χ2v) is 3.95. The summed E-state index contributed by atoms with van der Waals surface area (Å²) in [7, 11) is 1.82. The number of hydrogen-bond acceptors (Lipinski definition) is 4. The number of aromatic nitrogens is 3. The molecule has 6 heteroatoms. The van der Waals surface area contributed by atoms with E-state index in [1.807, 2.05) is 13.1 Å². The van der Waals surface area contributed by atoms with Gasteiger partial charge in [0.2, 0.25) is 0 Å². The minimum Gasteiger partial charge on any atom is -0.395 e. The molecule has 0 aliphatic carbocycles. The summed E-state index contributed by atoms with van der Waals surface area (Å²) in [5.41, 5.74) is 1.38. The molecule has 1 atom stereocenters. The third-order valence-corrected chi connectivity index (χ3v) is 2.91. The molecule has 2 aromatic rings. The number of rotatable bonds is 5. The maximum Gasteiger partial charge on any atom is 0.275 e. The Balaban J connectivity index is 2.20. The topological polar surface area (TPSA) is 82.4 Å². The van der Waals surface area contributed by atoms with Crippen LogP contribution in [0.4, 0.5) is 0 Å². The number of aliphatic hydroxyl groups excluding tert-OH is 1. The molecule has 2 rings (SSSR count). The summed E-state index contributed by atoms with van der Waals surface area (Å²) < 4.78 is 1.64. The van der Waals surface area contributed by atoms with E-state index in [1.165, 1.54) is 6.33 Å². The van der Waals surface area contributed by atoms with Gasteiger partial charge in [-0.15, -0.1) is 0 Å². The van der Waals surface area contributed by atoms with Crippen LogP contribution < -0.4 is 10.9 Å². The fourth-order valence-electron chi connectivity index (χ4n) is 1.84. The molecule has 0 radical (unpaired) electrons. The van der Waals surface area contributed by atoms with Gasteiger partial charge < -0.3 is 15.4 Å². The fraction of sp³-hybridized carbons (Fsp3) is 0.455. The first-order chi connectivity index (χ1) is 8.26. The SMILES string of the molecule is CN[C@H](CO)CCc1ccc2c(=O)[nH]cnn12. The highest BCUT2D eigenvalue weighted by molar-refractivity contribution is 5.45. The second-order valence-electron chi connectivity index (χ2n) is 3.95. The number of aliphatic hydroxyl groups is 1. The van der Waals surface area contributed by atoms with Crippen LogP contribution in [0.5, 0.6) is 0 Å². The molecule has 0 spiro atoms. The smallest absolute Gasteiger partial charge is 0.275 e. The Kier molecular flexibility index (Phi) is 3.55. The molecule has 92 valence electrons. The van der Waals surface area contributed by atoms with Crippen molar-refractivity contribution in [2.45, 2.75) is 18.9 Å². The van der Waals surface area contributed by atoms with Crippen LogP contribution >= 0.6 is 0 Å². The molecule has 3 N–H and O–H groups in total. The minimum atomic E-state index is -0.140. The van der Waals surface area contributed by atoms with E-state index in [4.69, 9.17) is 5.11 Å². The first-order valence-corrected chi connectivity index (χ1v) is 5.58. The monoisotopic (exact) mass is 236 g/mol. The molecule has 17 heavy (non-hydrogen) atoms. The quantitative estimate of drug-likeness (QED) is 0.656. The van der Waals surface area contributed by atoms with Gasteiger partial charge in [0.1, 0.15) is 11.8 Å². The molecule has 0 aliphatic heterocycles. The number of nitrogens with one attached hydrogen (secondary N) is 2. The van der Waals surface area contributed by atoms with E-state index >= 15 is 0 Å². The molecule has 0 unspecified atom stereocenters. The summed E-state index contributed by atoms with van der Waals surface area (Å²) in [6.45, 7) is 0.105. The Morgan fingerprint density at radius 1 is 1.59 bits per heavy atom. The number of fused-ring (bicyclic) bond motifs is 1. The van der Waals surface area contributed by atoms with Crippen molar-refractivity contribution < 1.29 is 5.11 Å². The maximum atomic E-state index is 11.5. The van der Waals surface area contributed by atoms with Crippen molar-refractivity contribution in [1.29, 1.82) is 0 Å². The summed E-state index contributed by atoms with van der Waals surface area (Å²) in [6, 6.07) is 3.72. The third-order valence-electron chi connectivity index (χ3n) is 2.91. The van der Waals surface area contributed by atoms with Crippen molar-refractivity contribution in [3.8, 4) is 0 Å². The van der Waals surface area contributed by atoms with Crippen molar-refractivity contribution >= 4 is 5.52 Å². The zero-order valence-electron chi connectivity index (χ0n) is 9.68. The van der Waals surface area contributed by atoms with Gasteiger partial charge in [0.05, 0.1) is 6.61 Å². The number of likely N-dealkylation sites (N-methyl/N-ethyl adjacent to an activating group) is 1. The van der Waals surface area contributed by atoms with Crippen LogP contribution in [0.2, 0.25) is 0 Å². The highest BCUT2D eigenvalue weighted by Gasteiger charge is 2.08. The maximum absolute atomic E-state index is 11.5. The number of nitrogens with zero attached hydrogens (tertiary/aromatic N) is 2. The summed E-state index contributed by atoms with van der Waals surface area (Å²) in [4.78, 5) is 14.0. The average Bonchev–Trinajstić information content (AvgIpc) is 2.75. The summed E-state index contributed by atoms with van der Waals surface area (Å²) in [6.07, 6.45) is 2.95. The molecule has 0 saturated carbocycles. The van der Waals surface area contributed by atoms with E-state index in [-0.39, 0.29) is 18.2 Å². The van der Waals surface area contributed by atoms with Gasteiger partial charge in [-0.2, -0.15) is 5.10 Å². The largest absolute Gasteiger partial charge is 0.395 e. The van der Waals surface area contributed by atoms with E-state index in [9.17, 15) is 4.79 Å². The molecular weight excluding hydrogens is 220 g/mol. The van der Waals surface area contributed by atoms with E-state index in [0.29, 0.717) is 5.52 Å². The van der Waals surface area contributed by atoms with Gasteiger partial charge in [0, 0.05) is 11.7 Å².